The first kappa shape index (κ1) is 29.6. The van der Waals surface area contributed by atoms with Crippen molar-refractivity contribution in [2.75, 3.05) is 31.9 Å². The molecule has 2 aromatic carbocycles. The topological polar surface area (TPSA) is 153 Å². The number of nitrogen functional groups attached to an aromatic ring is 1. The van der Waals surface area contributed by atoms with Crippen LogP contribution in [-0.4, -0.2) is 81.7 Å². The number of rotatable bonds is 2. The molecule has 226 valence electrons. The van der Waals surface area contributed by atoms with Crippen molar-refractivity contribution in [3.8, 4) is 11.3 Å². The zero-order valence-corrected chi connectivity index (χ0v) is 25.1. The zero-order chi connectivity index (χ0) is 31.4. The van der Waals surface area contributed by atoms with Crippen LogP contribution in [0, 0.1) is 0 Å². The fraction of sp³-hybridized carbons (Fsp3) is 0.387. The van der Waals surface area contributed by atoms with Crippen molar-refractivity contribution in [2.24, 2.45) is 0 Å². The highest BCUT2D eigenvalue weighted by molar-refractivity contribution is 6.26. The van der Waals surface area contributed by atoms with Crippen LogP contribution in [0.2, 0.25) is 0 Å². The van der Waals surface area contributed by atoms with E-state index in [1.54, 1.807) is 81.7 Å². The molecule has 3 heterocycles. The summed E-state index contributed by atoms with van der Waals surface area (Å²) in [6, 6.07) is 9.78. The largest absolute Gasteiger partial charge is 0.444 e. The highest BCUT2D eigenvalue weighted by Crippen LogP contribution is 2.37. The zero-order valence-electron chi connectivity index (χ0n) is 25.1. The summed E-state index contributed by atoms with van der Waals surface area (Å²) in [4.78, 5) is 68.1. The SMILES string of the molecule is CC(C)(C)OC(=O)N1CCN(C(=O)c2ccc3cc(-c4ccc(N)c5c4C(=O)NC5=O)n(C(=O)OC(C)(C)C)c3c2)CC1. The maximum Gasteiger partial charge on any atom is 0.419 e. The van der Waals surface area contributed by atoms with Gasteiger partial charge in [0.15, 0.2) is 0 Å². The van der Waals surface area contributed by atoms with Gasteiger partial charge in [0.1, 0.15) is 11.2 Å². The molecule has 0 radical (unpaired) electrons. The van der Waals surface area contributed by atoms with Gasteiger partial charge in [0.2, 0.25) is 0 Å². The van der Waals surface area contributed by atoms with Gasteiger partial charge in [-0.05, 0) is 71.9 Å². The van der Waals surface area contributed by atoms with Gasteiger partial charge < -0.3 is 25.0 Å². The van der Waals surface area contributed by atoms with Gasteiger partial charge >= 0.3 is 12.2 Å². The third kappa shape index (κ3) is 5.77. The summed E-state index contributed by atoms with van der Waals surface area (Å²) in [5.41, 5.74) is 6.16. The first-order chi connectivity index (χ1) is 20.0. The van der Waals surface area contributed by atoms with Crippen molar-refractivity contribution in [1.82, 2.24) is 19.7 Å². The van der Waals surface area contributed by atoms with E-state index in [1.807, 2.05) is 0 Å². The smallest absolute Gasteiger partial charge is 0.419 e. The molecule has 0 unspecified atom stereocenters. The van der Waals surface area contributed by atoms with Gasteiger partial charge in [0.25, 0.3) is 17.7 Å². The molecule has 3 aromatic rings. The van der Waals surface area contributed by atoms with Gasteiger partial charge in [-0.3, -0.25) is 19.7 Å². The van der Waals surface area contributed by atoms with E-state index in [1.165, 1.54) is 10.6 Å². The van der Waals surface area contributed by atoms with E-state index in [4.69, 9.17) is 15.2 Å². The average Bonchev–Trinajstić information content (AvgIpc) is 3.43. The minimum absolute atomic E-state index is 0.0462. The van der Waals surface area contributed by atoms with Crippen LogP contribution in [0.3, 0.4) is 0 Å². The standard InChI is InChI=1S/C31H35N5O7/c1-30(2,3)42-28(40)35-13-11-34(12-14-35)27(39)18-8-7-17-15-22(36(21(17)16-18)29(41)43-31(4,5)6)19-9-10-20(32)24-23(19)25(37)33-26(24)38/h7-10,15-16H,11-14,32H2,1-6H3,(H,33,37,38). The van der Waals surface area contributed by atoms with Crippen LogP contribution in [0.25, 0.3) is 22.2 Å². The number of hydrogen-bond acceptors (Lipinski definition) is 8. The van der Waals surface area contributed by atoms with Crippen molar-refractivity contribution in [3.05, 3.63) is 53.1 Å². The van der Waals surface area contributed by atoms with E-state index in [-0.39, 0.29) is 22.7 Å². The first-order valence-corrected chi connectivity index (χ1v) is 14.0. The fourth-order valence-corrected chi connectivity index (χ4v) is 5.18. The Balaban J connectivity index is 1.52. The van der Waals surface area contributed by atoms with Crippen molar-refractivity contribution in [3.63, 3.8) is 0 Å². The summed E-state index contributed by atoms with van der Waals surface area (Å²) in [5, 5.41) is 2.88. The van der Waals surface area contributed by atoms with Crippen molar-refractivity contribution >= 4 is 46.5 Å². The Hall–Kier alpha value is -4.87. The number of ether oxygens (including phenoxy) is 2. The van der Waals surface area contributed by atoms with Gasteiger partial charge in [-0.25, -0.2) is 14.2 Å². The van der Waals surface area contributed by atoms with Crippen LogP contribution in [0.15, 0.2) is 36.4 Å². The number of carbonyl (C=O) groups excluding carboxylic acids is 5. The molecular formula is C31H35N5O7. The molecule has 2 aliphatic rings. The number of anilines is 1. The normalized spacial score (nSPS) is 15.4. The summed E-state index contributed by atoms with van der Waals surface area (Å²) in [6.45, 7) is 11.9. The molecule has 1 saturated heterocycles. The molecule has 0 atom stereocenters. The molecule has 3 N–H and O–H groups in total. The number of piperazine rings is 1. The monoisotopic (exact) mass is 589 g/mol. The third-order valence-electron chi connectivity index (χ3n) is 7.04. The Labute approximate surface area is 248 Å². The molecular weight excluding hydrogens is 554 g/mol. The van der Waals surface area contributed by atoms with E-state index in [9.17, 15) is 24.0 Å². The molecule has 0 aliphatic carbocycles. The second-order valence-corrected chi connectivity index (χ2v) is 12.6. The first-order valence-electron chi connectivity index (χ1n) is 14.0. The molecule has 4 amide bonds. The predicted octanol–water partition coefficient (Wildman–Crippen LogP) is 4.25. The third-order valence-corrected chi connectivity index (χ3v) is 7.04. The predicted molar refractivity (Wildman–Crippen MR) is 159 cm³/mol. The van der Waals surface area contributed by atoms with Crippen molar-refractivity contribution < 1.29 is 33.4 Å². The molecule has 1 aromatic heterocycles. The molecule has 12 heteroatoms. The van der Waals surface area contributed by atoms with Crippen molar-refractivity contribution in [2.45, 2.75) is 52.7 Å². The van der Waals surface area contributed by atoms with E-state index < -0.39 is 35.2 Å². The summed E-state index contributed by atoms with van der Waals surface area (Å²) in [7, 11) is 0. The summed E-state index contributed by atoms with van der Waals surface area (Å²) < 4.78 is 12.5. The second-order valence-electron chi connectivity index (χ2n) is 12.6. The number of carbonyl (C=O) groups is 5. The fourth-order valence-electron chi connectivity index (χ4n) is 5.18. The van der Waals surface area contributed by atoms with Crippen LogP contribution >= 0.6 is 0 Å². The van der Waals surface area contributed by atoms with Crippen molar-refractivity contribution in [1.29, 1.82) is 0 Å². The Morgan fingerprint density at radius 1 is 0.767 bits per heavy atom. The second kappa shape index (κ2) is 10.4. The van der Waals surface area contributed by atoms with E-state index in [0.717, 1.165) is 0 Å². The molecule has 43 heavy (non-hydrogen) atoms. The number of hydrogen-bond donors (Lipinski definition) is 2. The van der Waals surface area contributed by atoms with Crippen LogP contribution in [0.5, 0.6) is 0 Å². The number of nitrogens with zero attached hydrogens (tertiary/aromatic N) is 3. The molecule has 12 nitrogen and oxygen atoms in total. The van der Waals surface area contributed by atoms with Crippen LogP contribution in [0.4, 0.5) is 15.3 Å². The maximum atomic E-state index is 13.6. The van der Waals surface area contributed by atoms with E-state index >= 15 is 0 Å². The maximum absolute atomic E-state index is 13.6. The van der Waals surface area contributed by atoms with Gasteiger partial charge in [0.05, 0.1) is 22.3 Å². The highest BCUT2D eigenvalue weighted by Gasteiger charge is 2.35. The van der Waals surface area contributed by atoms with Crippen LogP contribution in [0.1, 0.15) is 72.6 Å². The Morgan fingerprint density at radius 2 is 1.35 bits per heavy atom. The average molecular weight is 590 g/mol. The quantitative estimate of drug-likeness (QED) is 0.332. The molecule has 0 spiro atoms. The Bertz CT molecular complexity index is 1680. The van der Waals surface area contributed by atoms with Gasteiger partial charge in [-0.1, -0.05) is 6.07 Å². The number of amides is 4. The molecule has 1 fully saturated rings. The Morgan fingerprint density at radius 3 is 1.98 bits per heavy atom. The highest BCUT2D eigenvalue weighted by atomic mass is 16.6. The molecule has 2 aliphatic heterocycles. The molecule has 5 rings (SSSR count). The molecule has 0 bridgehead atoms. The number of nitrogens with one attached hydrogen (secondary N) is 1. The Kier molecular flexibility index (Phi) is 7.19. The van der Waals surface area contributed by atoms with Gasteiger partial charge in [-0.15, -0.1) is 0 Å². The van der Waals surface area contributed by atoms with Crippen LogP contribution in [-0.2, 0) is 9.47 Å². The summed E-state index contributed by atoms with van der Waals surface area (Å²) >= 11 is 0. The lowest BCUT2D eigenvalue weighted by atomic mass is 9.98. The van der Waals surface area contributed by atoms with Crippen LogP contribution < -0.4 is 11.1 Å². The van der Waals surface area contributed by atoms with Gasteiger partial charge in [-0.2, -0.15) is 0 Å². The number of nitrogens with two attached hydrogens (primary N) is 1. The lowest BCUT2D eigenvalue weighted by Gasteiger charge is -2.35. The number of aromatic nitrogens is 1. The van der Waals surface area contributed by atoms with E-state index in [2.05, 4.69) is 5.32 Å². The minimum Gasteiger partial charge on any atom is -0.444 e. The summed E-state index contributed by atoms with van der Waals surface area (Å²) in [5.74, 6) is -1.49. The lowest BCUT2D eigenvalue weighted by molar-refractivity contribution is 0.0140. The van der Waals surface area contributed by atoms with Gasteiger partial charge in [0, 0.05) is 48.4 Å². The molecule has 0 saturated carbocycles. The summed E-state index contributed by atoms with van der Waals surface area (Å²) in [6.07, 6.45) is -1.14. The van der Waals surface area contributed by atoms with E-state index in [0.29, 0.717) is 53.9 Å². The lowest BCUT2D eigenvalue weighted by Crippen LogP contribution is -2.51. The number of fused-ring (bicyclic) bond motifs is 2. The number of imide groups is 1. The minimum atomic E-state index is -0.845. The number of benzene rings is 2.